The third kappa shape index (κ3) is 3.45. The van der Waals surface area contributed by atoms with E-state index in [1.807, 2.05) is 0 Å². The molecule has 0 aromatic heterocycles. The molecule has 0 radical (unpaired) electrons. The Bertz CT molecular complexity index is 549. The number of carbonyl (C=O) groups is 1. The number of halogens is 6. The van der Waals surface area contributed by atoms with Crippen molar-refractivity contribution < 1.29 is 35.9 Å². The summed E-state index contributed by atoms with van der Waals surface area (Å²) in [4.78, 5) is 12.6. The van der Waals surface area contributed by atoms with Crippen molar-refractivity contribution in [3.8, 4) is 0 Å². The lowest BCUT2D eigenvalue weighted by Crippen LogP contribution is -2.36. The average molecular weight is 327 g/mol. The summed E-state index contributed by atoms with van der Waals surface area (Å²) < 4.78 is 81.4. The molecule has 1 amide bonds. The van der Waals surface area contributed by atoms with Crippen LogP contribution in [-0.2, 0) is 17.1 Å². The van der Waals surface area contributed by atoms with Crippen LogP contribution >= 0.6 is 0 Å². The normalized spacial score (nSPS) is 20.0. The van der Waals surface area contributed by atoms with Crippen molar-refractivity contribution in [2.24, 2.45) is 0 Å². The molecule has 1 aliphatic rings. The Labute approximate surface area is 121 Å². The van der Waals surface area contributed by atoms with E-state index >= 15 is 0 Å². The molecule has 1 aromatic carbocycles. The molecule has 1 fully saturated rings. The predicted molar refractivity (Wildman–Crippen MR) is 62.9 cm³/mol. The second kappa shape index (κ2) is 5.36. The van der Waals surface area contributed by atoms with Gasteiger partial charge in [0, 0.05) is 20.0 Å². The van der Waals surface area contributed by atoms with Gasteiger partial charge in [0.05, 0.1) is 11.1 Å². The number of benzene rings is 1. The van der Waals surface area contributed by atoms with Crippen molar-refractivity contribution >= 4 is 6.09 Å². The molecule has 0 aliphatic carbocycles. The number of carbonyl (C=O) groups excluding carboxylic acids is 1. The van der Waals surface area contributed by atoms with Gasteiger partial charge in [-0.1, -0.05) is 0 Å². The Morgan fingerprint density at radius 2 is 1.55 bits per heavy atom. The molecule has 0 N–H and O–H groups in total. The molecule has 1 saturated heterocycles. The minimum absolute atomic E-state index is 0.0419. The number of hydrogen-bond acceptors (Lipinski definition) is 2. The maximum absolute atomic E-state index is 12.8. The van der Waals surface area contributed by atoms with Crippen molar-refractivity contribution in [2.45, 2.75) is 24.9 Å². The number of hydrogen-bond donors (Lipinski definition) is 0. The van der Waals surface area contributed by atoms with Crippen molar-refractivity contribution in [1.82, 2.24) is 4.90 Å². The lowest BCUT2D eigenvalue weighted by Gasteiger charge is -2.30. The van der Waals surface area contributed by atoms with Gasteiger partial charge in [0.1, 0.15) is 6.10 Å². The highest BCUT2D eigenvalue weighted by Crippen LogP contribution is 2.39. The quantitative estimate of drug-likeness (QED) is 0.722. The topological polar surface area (TPSA) is 29.5 Å². The van der Waals surface area contributed by atoms with E-state index in [0.29, 0.717) is 12.1 Å². The standard InChI is InChI=1S/C13H11F6NO2/c1-20-3-2-10(22-11(20)21)7-4-8(12(14,15)16)6-9(5-7)13(17,18)19/h4-6,10H,2-3H2,1H3/t10-/m0/s1. The zero-order valence-electron chi connectivity index (χ0n) is 11.3. The summed E-state index contributed by atoms with van der Waals surface area (Å²) in [6.45, 7) is 0.182. The minimum atomic E-state index is -4.93. The molecule has 1 aromatic rings. The number of alkyl halides is 6. The first kappa shape index (κ1) is 16.4. The Balaban J connectivity index is 2.45. The summed E-state index contributed by atoms with van der Waals surface area (Å²) in [7, 11) is 1.42. The predicted octanol–water partition coefficient (Wildman–Crippen LogP) is 4.24. The van der Waals surface area contributed by atoms with E-state index in [4.69, 9.17) is 4.74 Å². The van der Waals surface area contributed by atoms with E-state index in [0.717, 1.165) is 0 Å². The smallest absolute Gasteiger partial charge is 0.416 e. The fourth-order valence-electron chi connectivity index (χ4n) is 2.07. The first-order valence-corrected chi connectivity index (χ1v) is 6.19. The highest BCUT2D eigenvalue weighted by Gasteiger charge is 2.38. The second-order valence-electron chi connectivity index (χ2n) is 4.92. The molecular formula is C13H11F6NO2. The molecule has 0 unspecified atom stereocenters. The van der Waals surface area contributed by atoms with Crippen molar-refractivity contribution in [2.75, 3.05) is 13.6 Å². The molecule has 2 rings (SSSR count). The Kier molecular flexibility index (Phi) is 4.01. The largest absolute Gasteiger partial charge is 0.441 e. The van der Waals surface area contributed by atoms with E-state index in [-0.39, 0.29) is 24.6 Å². The highest BCUT2D eigenvalue weighted by atomic mass is 19.4. The number of cyclic esters (lactones) is 1. The summed E-state index contributed by atoms with van der Waals surface area (Å²) in [6.07, 6.45) is -11.7. The molecule has 0 saturated carbocycles. The molecule has 3 nitrogen and oxygen atoms in total. The maximum atomic E-state index is 12.8. The van der Waals surface area contributed by atoms with Crippen LogP contribution in [0.15, 0.2) is 18.2 Å². The number of ether oxygens (including phenoxy) is 1. The number of rotatable bonds is 1. The van der Waals surface area contributed by atoms with E-state index in [2.05, 4.69) is 0 Å². The summed E-state index contributed by atoms with van der Waals surface area (Å²) in [6, 6.07) is 1.21. The molecule has 0 spiro atoms. The van der Waals surface area contributed by atoms with Crippen LogP contribution in [0, 0.1) is 0 Å². The summed E-state index contributed by atoms with van der Waals surface area (Å²) >= 11 is 0. The van der Waals surface area contributed by atoms with Crippen LogP contribution in [0.5, 0.6) is 0 Å². The highest BCUT2D eigenvalue weighted by molar-refractivity contribution is 5.68. The van der Waals surface area contributed by atoms with Crippen LogP contribution in [-0.4, -0.2) is 24.6 Å². The lowest BCUT2D eigenvalue weighted by molar-refractivity contribution is -0.143. The van der Waals surface area contributed by atoms with Crippen molar-refractivity contribution in [3.05, 3.63) is 34.9 Å². The van der Waals surface area contributed by atoms with Crippen molar-refractivity contribution in [1.29, 1.82) is 0 Å². The van der Waals surface area contributed by atoms with Gasteiger partial charge in [-0.05, 0) is 23.8 Å². The Morgan fingerprint density at radius 3 is 1.95 bits per heavy atom. The molecule has 1 heterocycles. The average Bonchev–Trinajstić information content (AvgIpc) is 2.39. The Hall–Kier alpha value is -1.93. The van der Waals surface area contributed by atoms with Gasteiger partial charge in [0.15, 0.2) is 0 Å². The SMILES string of the molecule is CN1CC[C@@H](c2cc(C(F)(F)F)cc(C(F)(F)F)c2)OC1=O. The van der Waals surface area contributed by atoms with E-state index in [1.54, 1.807) is 0 Å². The van der Waals surface area contributed by atoms with Gasteiger partial charge in [0.2, 0.25) is 0 Å². The summed E-state index contributed by atoms with van der Waals surface area (Å²) in [5.74, 6) is 0. The van der Waals surface area contributed by atoms with E-state index in [1.165, 1.54) is 11.9 Å². The van der Waals surface area contributed by atoms with Crippen LogP contribution in [0.4, 0.5) is 31.1 Å². The van der Waals surface area contributed by atoms with Gasteiger partial charge in [-0.25, -0.2) is 4.79 Å². The van der Waals surface area contributed by atoms with Gasteiger partial charge in [-0.2, -0.15) is 26.3 Å². The fourth-order valence-corrected chi connectivity index (χ4v) is 2.07. The third-order valence-electron chi connectivity index (χ3n) is 3.26. The van der Waals surface area contributed by atoms with Crippen LogP contribution in [0.25, 0.3) is 0 Å². The van der Waals surface area contributed by atoms with E-state index in [9.17, 15) is 31.1 Å². The maximum Gasteiger partial charge on any atom is 0.416 e. The lowest BCUT2D eigenvalue weighted by atomic mass is 9.98. The summed E-state index contributed by atoms with van der Waals surface area (Å²) in [5, 5.41) is 0. The van der Waals surface area contributed by atoms with E-state index < -0.39 is 35.7 Å². The zero-order chi connectivity index (χ0) is 16.7. The third-order valence-corrected chi connectivity index (χ3v) is 3.26. The molecule has 22 heavy (non-hydrogen) atoms. The van der Waals surface area contributed by atoms with Crippen LogP contribution in [0.2, 0.25) is 0 Å². The van der Waals surface area contributed by atoms with Crippen LogP contribution in [0.3, 0.4) is 0 Å². The molecule has 1 aliphatic heterocycles. The number of nitrogens with zero attached hydrogens (tertiary/aromatic N) is 1. The van der Waals surface area contributed by atoms with Gasteiger partial charge in [0.25, 0.3) is 0 Å². The van der Waals surface area contributed by atoms with Gasteiger partial charge in [-0.15, -0.1) is 0 Å². The van der Waals surface area contributed by atoms with Crippen LogP contribution in [0.1, 0.15) is 29.2 Å². The number of amides is 1. The monoisotopic (exact) mass is 327 g/mol. The molecule has 0 bridgehead atoms. The fraction of sp³-hybridized carbons (Fsp3) is 0.462. The molecular weight excluding hydrogens is 316 g/mol. The van der Waals surface area contributed by atoms with Gasteiger partial charge < -0.3 is 9.64 Å². The minimum Gasteiger partial charge on any atom is -0.441 e. The zero-order valence-corrected chi connectivity index (χ0v) is 11.3. The first-order chi connectivity index (χ1) is 9.98. The second-order valence-corrected chi connectivity index (χ2v) is 4.92. The van der Waals surface area contributed by atoms with Gasteiger partial charge in [-0.3, -0.25) is 0 Å². The Morgan fingerprint density at radius 1 is 1.05 bits per heavy atom. The summed E-state index contributed by atoms with van der Waals surface area (Å²) in [5.41, 5.74) is -3.16. The molecule has 1 atom stereocenters. The van der Waals surface area contributed by atoms with Crippen LogP contribution < -0.4 is 0 Å². The molecule has 9 heteroatoms. The van der Waals surface area contributed by atoms with Gasteiger partial charge >= 0.3 is 18.4 Å². The first-order valence-electron chi connectivity index (χ1n) is 6.19. The molecule has 122 valence electrons. The van der Waals surface area contributed by atoms with Crippen molar-refractivity contribution in [3.63, 3.8) is 0 Å².